The molecule has 1 unspecified atom stereocenters. The molecule has 2 N–H and O–H groups in total. The third-order valence-corrected chi connectivity index (χ3v) is 5.04. The summed E-state index contributed by atoms with van der Waals surface area (Å²) >= 11 is 0. The predicted molar refractivity (Wildman–Crippen MR) is 100 cm³/mol. The van der Waals surface area contributed by atoms with Gasteiger partial charge in [0.25, 0.3) is 0 Å². The summed E-state index contributed by atoms with van der Waals surface area (Å²) in [6.07, 6.45) is 5.01. The van der Waals surface area contributed by atoms with Crippen LogP contribution in [-0.2, 0) is 11.3 Å². The Hall–Kier alpha value is -2.80. The smallest absolute Gasteiger partial charge is 0.242 e. The van der Waals surface area contributed by atoms with Crippen LogP contribution in [0.5, 0.6) is 0 Å². The highest BCUT2D eigenvalue weighted by Crippen LogP contribution is 2.25. The molecule has 0 bridgehead atoms. The van der Waals surface area contributed by atoms with Gasteiger partial charge in [-0.15, -0.1) is 0 Å². The highest BCUT2D eigenvalue weighted by molar-refractivity contribution is 5.84. The Labute approximate surface area is 156 Å². The summed E-state index contributed by atoms with van der Waals surface area (Å²) in [7, 11) is 0. The number of carbonyl (C=O) groups excluding carboxylic acids is 1. The summed E-state index contributed by atoms with van der Waals surface area (Å²) in [5, 5.41) is 11.0. The minimum absolute atomic E-state index is 0.0878. The quantitative estimate of drug-likeness (QED) is 0.727. The van der Waals surface area contributed by atoms with Crippen LogP contribution in [0.1, 0.15) is 36.6 Å². The maximum Gasteiger partial charge on any atom is 0.242 e. The van der Waals surface area contributed by atoms with Crippen molar-refractivity contribution in [3.63, 3.8) is 0 Å². The van der Waals surface area contributed by atoms with Gasteiger partial charge in [-0.25, -0.2) is 9.37 Å². The molecule has 3 aromatic rings. The Morgan fingerprint density at radius 1 is 1.19 bits per heavy atom. The Morgan fingerprint density at radius 2 is 1.96 bits per heavy atom. The summed E-state index contributed by atoms with van der Waals surface area (Å²) in [6, 6.07) is 9.57. The van der Waals surface area contributed by atoms with Crippen molar-refractivity contribution in [2.75, 3.05) is 13.1 Å². The van der Waals surface area contributed by atoms with Crippen LogP contribution in [0.4, 0.5) is 4.39 Å². The van der Waals surface area contributed by atoms with Gasteiger partial charge in [-0.05, 0) is 55.8 Å². The molecular weight excluding hydrogens is 345 g/mol. The van der Waals surface area contributed by atoms with E-state index in [-0.39, 0.29) is 11.7 Å². The Bertz CT molecular complexity index is 918. The van der Waals surface area contributed by atoms with E-state index in [0.717, 1.165) is 42.6 Å². The highest BCUT2D eigenvalue weighted by atomic mass is 19.1. The second kappa shape index (κ2) is 7.84. The number of piperidine rings is 1. The number of pyridine rings is 1. The minimum atomic E-state index is -0.418. The van der Waals surface area contributed by atoms with E-state index in [9.17, 15) is 9.18 Å². The van der Waals surface area contributed by atoms with Crippen LogP contribution in [0.3, 0.4) is 0 Å². The molecule has 1 amide bonds. The van der Waals surface area contributed by atoms with E-state index >= 15 is 0 Å². The summed E-state index contributed by atoms with van der Waals surface area (Å²) in [5.74, 6) is -0.386. The number of likely N-dealkylation sites (tertiary alicyclic amines) is 1. The van der Waals surface area contributed by atoms with Gasteiger partial charge in [-0.2, -0.15) is 5.10 Å². The summed E-state index contributed by atoms with van der Waals surface area (Å²) in [6.45, 7) is 2.07. The molecule has 4 rings (SSSR count). The molecule has 1 saturated heterocycles. The molecule has 1 fully saturated rings. The molecule has 3 heterocycles. The molecule has 27 heavy (non-hydrogen) atoms. The molecule has 0 aliphatic carbocycles. The number of aromatic amines is 1. The Kier molecular flexibility index (Phi) is 5.11. The lowest BCUT2D eigenvalue weighted by Gasteiger charge is -2.33. The summed E-state index contributed by atoms with van der Waals surface area (Å²) in [4.78, 5) is 19.4. The molecule has 1 atom stereocenters. The van der Waals surface area contributed by atoms with E-state index in [0.29, 0.717) is 12.2 Å². The second-order valence-electron chi connectivity index (χ2n) is 6.85. The van der Waals surface area contributed by atoms with Crippen molar-refractivity contribution >= 4 is 16.9 Å². The Morgan fingerprint density at radius 3 is 2.74 bits per heavy atom. The number of benzene rings is 1. The number of nitrogens with zero attached hydrogens (tertiary/aromatic N) is 3. The molecule has 6 nitrogen and oxygen atoms in total. The summed E-state index contributed by atoms with van der Waals surface area (Å²) < 4.78 is 13.3. The van der Waals surface area contributed by atoms with Gasteiger partial charge >= 0.3 is 0 Å². The van der Waals surface area contributed by atoms with Crippen LogP contribution in [0, 0.1) is 5.82 Å². The van der Waals surface area contributed by atoms with Gasteiger partial charge in [-0.3, -0.25) is 14.8 Å². The van der Waals surface area contributed by atoms with Crippen LogP contribution in [-0.4, -0.2) is 39.1 Å². The van der Waals surface area contributed by atoms with Crippen molar-refractivity contribution in [1.29, 1.82) is 0 Å². The third kappa shape index (κ3) is 3.83. The zero-order valence-electron chi connectivity index (χ0n) is 15.0. The lowest BCUT2D eigenvalue weighted by molar-refractivity contribution is -0.127. The summed E-state index contributed by atoms with van der Waals surface area (Å²) in [5.41, 5.74) is 2.27. The lowest BCUT2D eigenvalue weighted by atomic mass is 10.0. The first-order chi connectivity index (χ1) is 13.2. The van der Waals surface area contributed by atoms with Crippen molar-refractivity contribution in [2.45, 2.75) is 31.8 Å². The van der Waals surface area contributed by atoms with Gasteiger partial charge in [-0.1, -0.05) is 18.6 Å². The molecule has 140 valence electrons. The fraction of sp³-hybridized carbons (Fsp3) is 0.350. The molecule has 0 saturated carbocycles. The standard InChI is InChI=1S/C20H22FN5O/c21-15-8-6-14(7-9-15)18(26-11-2-1-3-12-26)20(27)23-13-17-16-5-4-10-22-19(16)25-24-17/h4-10,18H,1-3,11-13H2,(H,23,27)(H,22,24,25). The minimum Gasteiger partial charge on any atom is -0.349 e. The van der Waals surface area contributed by atoms with E-state index in [1.54, 1.807) is 18.3 Å². The van der Waals surface area contributed by atoms with E-state index in [2.05, 4.69) is 25.4 Å². The van der Waals surface area contributed by atoms with Crippen LogP contribution in [0.15, 0.2) is 42.6 Å². The molecule has 1 aliphatic heterocycles. The first-order valence-corrected chi connectivity index (χ1v) is 9.27. The second-order valence-corrected chi connectivity index (χ2v) is 6.85. The number of aromatic nitrogens is 3. The molecule has 0 radical (unpaired) electrons. The number of H-pyrrole nitrogens is 1. The van der Waals surface area contributed by atoms with Crippen LogP contribution < -0.4 is 5.32 Å². The predicted octanol–water partition coefficient (Wildman–Crippen LogP) is 2.94. The number of amides is 1. The average molecular weight is 367 g/mol. The fourth-order valence-corrected chi connectivity index (χ4v) is 3.66. The zero-order valence-corrected chi connectivity index (χ0v) is 15.0. The number of carbonyl (C=O) groups is 1. The number of hydrogen-bond donors (Lipinski definition) is 2. The van der Waals surface area contributed by atoms with Gasteiger partial charge in [0.2, 0.25) is 5.91 Å². The van der Waals surface area contributed by atoms with E-state index < -0.39 is 6.04 Å². The number of hydrogen-bond acceptors (Lipinski definition) is 4. The van der Waals surface area contributed by atoms with Crippen LogP contribution in [0.2, 0.25) is 0 Å². The molecular formula is C20H22FN5O. The fourth-order valence-electron chi connectivity index (χ4n) is 3.66. The maximum atomic E-state index is 13.3. The molecule has 0 spiro atoms. The first kappa shape index (κ1) is 17.6. The molecule has 1 aromatic carbocycles. The normalized spacial score (nSPS) is 16.3. The highest BCUT2D eigenvalue weighted by Gasteiger charge is 2.28. The third-order valence-electron chi connectivity index (χ3n) is 5.04. The largest absolute Gasteiger partial charge is 0.349 e. The van der Waals surface area contributed by atoms with Crippen molar-refractivity contribution in [3.8, 4) is 0 Å². The van der Waals surface area contributed by atoms with Crippen molar-refractivity contribution in [3.05, 3.63) is 59.7 Å². The van der Waals surface area contributed by atoms with E-state index in [1.807, 2.05) is 12.1 Å². The van der Waals surface area contributed by atoms with E-state index in [1.165, 1.54) is 18.6 Å². The number of rotatable bonds is 5. The van der Waals surface area contributed by atoms with Crippen LogP contribution in [0.25, 0.3) is 11.0 Å². The number of nitrogens with one attached hydrogen (secondary N) is 2. The molecule has 1 aliphatic rings. The van der Waals surface area contributed by atoms with Crippen molar-refractivity contribution in [2.24, 2.45) is 0 Å². The lowest BCUT2D eigenvalue weighted by Crippen LogP contribution is -2.42. The SMILES string of the molecule is O=C(NCc1[nH]nc2ncccc12)C(c1ccc(F)cc1)N1CCCCC1. The average Bonchev–Trinajstić information content (AvgIpc) is 3.12. The van der Waals surface area contributed by atoms with Gasteiger partial charge in [0.05, 0.1) is 12.2 Å². The first-order valence-electron chi connectivity index (χ1n) is 9.27. The Balaban J connectivity index is 1.53. The van der Waals surface area contributed by atoms with Gasteiger partial charge in [0.1, 0.15) is 11.9 Å². The van der Waals surface area contributed by atoms with Crippen LogP contribution >= 0.6 is 0 Å². The van der Waals surface area contributed by atoms with Gasteiger partial charge in [0, 0.05) is 11.6 Å². The number of fused-ring (bicyclic) bond motifs is 1. The zero-order chi connectivity index (χ0) is 18.6. The molecule has 2 aromatic heterocycles. The van der Waals surface area contributed by atoms with Gasteiger partial charge in [0.15, 0.2) is 5.65 Å². The van der Waals surface area contributed by atoms with Crippen molar-refractivity contribution in [1.82, 2.24) is 25.4 Å². The number of halogens is 1. The van der Waals surface area contributed by atoms with E-state index in [4.69, 9.17) is 0 Å². The monoisotopic (exact) mass is 367 g/mol. The topological polar surface area (TPSA) is 73.9 Å². The maximum absolute atomic E-state index is 13.3. The van der Waals surface area contributed by atoms with Gasteiger partial charge < -0.3 is 5.32 Å². The van der Waals surface area contributed by atoms with Crippen molar-refractivity contribution < 1.29 is 9.18 Å². The molecule has 7 heteroatoms.